The van der Waals surface area contributed by atoms with Gasteiger partial charge < -0.3 is 9.88 Å². The second kappa shape index (κ2) is 6.32. The van der Waals surface area contributed by atoms with Crippen LogP contribution in [0.3, 0.4) is 0 Å². The number of hydrogen-bond acceptors (Lipinski definition) is 3. The maximum Gasteiger partial charge on any atom is 0.240 e. The molecule has 1 aliphatic heterocycles. The van der Waals surface area contributed by atoms with Crippen molar-refractivity contribution >= 4 is 28.7 Å². The number of hydrogen-bond donors (Lipinski definition) is 1. The van der Waals surface area contributed by atoms with Gasteiger partial charge in [0.2, 0.25) is 5.91 Å². The van der Waals surface area contributed by atoms with E-state index in [0.29, 0.717) is 6.54 Å². The second-order valence-corrected chi connectivity index (χ2v) is 7.31. The summed E-state index contributed by atoms with van der Waals surface area (Å²) in [7, 11) is 1.85. The highest BCUT2D eigenvalue weighted by Crippen LogP contribution is 2.37. The number of amides is 1. The van der Waals surface area contributed by atoms with E-state index in [1.54, 1.807) is 16.7 Å². The zero-order valence-electron chi connectivity index (χ0n) is 13.5. The molecule has 0 saturated carbocycles. The predicted octanol–water partition coefficient (Wildman–Crippen LogP) is 3.55. The van der Waals surface area contributed by atoms with Gasteiger partial charge in [0.15, 0.2) is 0 Å². The van der Waals surface area contributed by atoms with Crippen molar-refractivity contribution in [1.29, 1.82) is 0 Å². The Labute approximate surface area is 145 Å². The van der Waals surface area contributed by atoms with Crippen molar-refractivity contribution in [2.75, 3.05) is 12.8 Å². The summed E-state index contributed by atoms with van der Waals surface area (Å²) < 4.78 is 0. The van der Waals surface area contributed by atoms with Gasteiger partial charge in [-0.05, 0) is 35.4 Å². The molecule has 1 atom stereocenters. The molecule has 3 aromatic rings. The molecule has 24 heavy (non-hydrogen) atoms. The van der Waals surface area contributed by atoms with Crippen LogP contribution in [0.5, 0.6) is 0 Å². The number of H-pyrrole nitrogens is 1. The summed E-state index contributed by atoms with van der Waals surface area (Å²) in [5.74, 6) is 1.96. The number of nitrogens with one attached hydrogen (secondary N) is 1. The second-order valence-electron chi connectivity index (χ2n) is 6.09. The summed E-state index contributed by atoms with van der Waals surface area (Å²) in [6, 6.07) is 16.2. The van der Waals surface area contributed by atoms with Crippen molar-refractivity contribution in [3.8, 4) is 0 Å². The number of aromatic nitrogens is 2. The number of carbonyl (C=O) groups is 1. The minimum Gasteiger partial charge on any atom is -0.340 e. The molecule has 0 unspecified atom stereocenters. The van der Waals surface area contributed by atoms with E-state index in [2.05, 4.69) is 28.2 Å². The molecule has 4 nitrogen and oxygen atoms in total. The fourth-order valence-corrected chi connectivity index (χ4v) is 4.49. The number of carbonyl (C=O) groups excluding carboxylic acids is 1. The molecule has 4 rings (SSSR count). The van der Waals surface area contributed by atoms with Gasteiger partial charge in [0, 0.05) is 7.05 Å². The summed E-state index contributed by atoms with van der Waals surface area (Å²) in [6.07, 6.45) is 1.04. The first-order chi connectivity index (χ1) is 11.7. The molecule has 0 saturated heterocycles. The number of benzene rings is 2. The van der Waals surface area contributed by atoms with Crippen LogP contribution in [0, 0.1) is 0 Å². The lowest BCUT2D eigenvalue weighted by Gasteiger charge is -2.28. The zero-order valence-corrected chi connectivity index (χ0v) is 14.3. The van der Waals surface area contributed by atoms with Crippen LogP contribution < -0.4 is 0 Å². The first-order valence-electron chi connectivity index (χ1n) is 8.10. The average Bonchev–Trinajstić information content (AvgIpc) is 3.02. The highest BCUT2D eigenvalue weighted by Gasteiger charge is 2.29. The van der Waals surface area contributed by atoms with Gasteiger partial charge in [-0.3, -0.25) is 4.79 Å². The zero-order chi connectivity index (χ0) is 16.5. The number of imidazole rings is 1. The van der Waals surface area contributed by atoms with E-state index < -0.39 is 0 Å². The monoisotopic (exact) mass is 337 g/mol. The third kappa shape index (κ3) is 2.80. The SMILES string of the molecule is CN(Cc1nc2ccccc2[nH]1)C(=O)[C@H]1SCCc2ccccc21. The average molecular weight is 337 g/mol. The fraction of sp³-hybridized carbons (Fsp3) is 0.263. The van der Waals surface area contributed by atoms with Crippen LogP contribution in [-0.4, -0.2) is 33.6 Å². The smallest absolute Gasteiger partial charge is 0.240 e. The highest BCUT2D eigenvalue weighted by atomic mass is 32.2. The molecule has 0 bridgehead atoms. The number of likely N-dealkylation sites (N-methyl/N-ethyl adjacent to an activating group) is 1. The summed E-state index contributed by atoms with van der Waals surface area (Å²) in [5, 5.41) is -0.107. The van der Waals surface area contributed by atoms with E-state index in [1.165, 1.54) is 5.56 Å². The van der Waals surface area contributed by atoms with Crippen molar-refractivity contribution in [1.82, 2.24) is 14.9 Å². The first kappa shape index (κ1) is 15.3. The standard InChI is InChI=1S/C19H19N3OS/c1-22(12-17-20-15-8-4-5-9-16(15)21-17)19(23)18-14-7-3-2-6-13(14)10-11-24-18/h2-9,18H,10-12H2,1H3,(H,20,21)/t18-/m0/s1. The first-order valence-corrected chi connectivity index (χ1v) is 9.15. The Morgan fingerprint density at radius 2 is 2.04 bits per heavy atom. The number of aryl methyl sites for hydroxylation is 1. The number of para-hydroxylation sites is 2. The molecule has 5 heteroatoms. The van der Waals surface area contributed by atoms with Crippen LogP contribution in [-0.2, 0) is 17.8 Å². The van der Waals surface area contributed by atoms with Crippen LogP contribution in [0.25, 0.3) is 11.0 Å². The molecule has 2 heterocycles. The van der Waals surface area contributed by atoms with Crippen LogP contribution in [0.15, 0.2) is 48.5 Å². The van der Waals surface area contributed by atoms with Gasteiger partial charge in [-0.1, -0.05) is 36.4 Å². The van der Waals surface area contributed by atoms with Gasteiger partial charge >= 0.3 is 0 Å². The van der Waals surface area contributed by atoms with E-state index in [4.69, 9.17) is 0 Å². The van der Waals surface area contributed by atoms with E-state index in [-0.39, 0.29) is 11.2 Å². The Kier molecular flexibility index (Phi) is 4.02. The normalized spacial score (nSPS) is 16.8. The Morgan fingerprint density at radius 1 is 1.25 bits per heavy atom. The largest absolute Gasteiger partial charge is 0.340 e. The quantitative estimate of drug-likeness (QED) is 0.795. The van der Waals surface area contributed by atoms with Gasteiger partial charge in [-0.25, -0.2) is 4.98 Å². The molecule has 1 aliphatic rings. The lowest BCUT2D eigenvalue weighted by atomic mass is 10.0. The van der Waals surface area contributed by atoms with Crippen molar-refractivity contribution in [2.24, 2.45) is 0 Å². The number of thioether (sulfide) groups is 1. The van der Waals surface area contributed by atoms with Crippen molar-refractivity contribution in [3.05, 3.63) is 65.5 Å². The topological polar surface area (TPSA) is 49.0 Å². The number of nitrogens with zero attached hydrogens (tertiary/aromatic N) is 2. The lowest BCUT2D eigenvalue weighted by molar-refractivity contribution is -0.130. The van der Waals surface area contributed by atoms with Crippen LogP contribution >= 0.6 is 11.8 Å². The summed E-state index contributed by atoms with van der Waals surface area (Å²) >= 11 is 1.74. The van der Waals surface area contributed by atoms with Crippen LogP contribution in [0.2, 0.25) is 0 Å². The number of rotatable bonds is 3. The van der Waals surface area contributed by atoms with Gasteiger partial charge in [0.1, 0.15) is 11.1 Å². The number of aromatic amines is 1. The van der Waals surface area contributed by atoms with Gasteiger partial charge in [0.05, 0.1) is 17.6 Å². The predicted molar refractivity (Wildman–Crippen MR) is 97.9 cm³/mol. The minimum absolute atomic E-state index is 0.107. The maximum absolute atomic E-state index is 12.9. The molecule has 1 aromatic heterocycles. The van der Waals surface area contributed by atoms with Crippen molar-refractivity contribution in [2.45, 2.75) is 18.2 Å². The van der Waals surface area contributed by atoms with Crippen molar-refractivity contribution < 1.29 is 4.79 Å². The number of fused-ring (bicyclic) bond motifs is 2. The molecule has 0 radical (unpaired) electrons. The lowest BCUT2D eigenvalue weighted by Crippen LogP contribution is -2.32. The maximum atomic E-state index is 12.9. The summed E-state index contributed by atoms with van der Waals surface area (Å²) in [5.41, 5.74) is 4.40. The van der Waals surface area contributed by atoms with E-state index in [9.17, 15) is 4.79 Å². The molecular formula is C19H19N3OS. The molecular weight excluding hydrogens is 318 g/mol. The molecule has 1 amide bonds. The van der Waals surface area contributed by atoms with Crippen LogP contribution in [0.4, 0.5) is 0 Å². The Balaban J connectivity index is 1.54. The van der Waals surface area contributed by atoms with Gasteiger partial charge in [0.25, 0.3) is 0 Å². The fourth-order valence-electron chi connectivity index (χ4n) is 3.18. The van der Waals surface area contributed by atoms with Crippen molar-refractivity contribution in [3.63, 3.8) is 0 Å². The Morgan fingerprint density at radius 3 is 2.92 bits per heavy atom. The van der Waals surface area contributed by atoms with E-state index >= 15 is 0 Å². The molecule has 1 N–H and O–H groups in total. The Bertz CT molecular complexity index is 856. The molecule has 0 spiro atoms. The molecule has 122 valence electrons. The molecule has 0 fully saturated rings. The van der Waals surface area contributed by atoms with E-state index in [0.717, 1.165) is 34.6 Å². The summed E-state index contributed by atoms with van der Waals surface area (Å²) in [4.78, 5) is 22.6. The summed E-state index contributed by atoms with van der Waals surface area (Å²) in [6.45, 7) is 0.493. The third-order valence-electron chi connectivity index (χ3n) is 4.42. The Hall–Kier alpha value is -2.27. The van der Waals surface area contributed by atoms with Gasteiger partial charge in [-0.15, -0.1) is 11.8 Å². The molecule has 0 aliphatic carbocycles. The third-order valence-corrected chi connectivity index (χ3v) is 5.65. The molecule has 2 aromatic carbocycles. The van der Waals surface area contributed by atoms with E-state index in [1.807, 2.05) is 37.4 Å². The van der Waals surface area contributed by atoms with Gasteiger partial charge in [-0.2, -0.15) is 0 Å². The minimum atomic E-state index is -0.107. The van der Waals surface area contributed by atoms with Crippen LogP contribution in [0.1, 0.15) is 22.2 Å². The highest BCUT2D eigenvalue weighted by molar-refractivity contribution is 8.00.